The molecule has 110 valence electrons. The molecule has 20 heavy (non-hydrogen) atoms. The number of carboxylic acids is 1. The first kappa shape index (κ1) is 14.8. The first-order valence-corrected chi connectivity index (χ1v) is 7.41. The summed E-state index contributed by atoms with van der Waals surface area (Å²) in [7, 11) is 0. The summed E-state index contributed by atoms with van der Waals surface area (Å²) in [5, 5.41) is 14.1. The van der Waals surface area contributed by atoms with Gasteiger partial charge in [0.1, 0.15) is 6.54 Å². The van der Waals surface area contributed by atoms with Gasteiger partial charge in [0.25, 0.3) is 0 Å². The van der Waals surface area contributed by atoms with E-state index in [0.717, 1.165) is 18.5 Å². The van der Waals surface area contributed by atoms with Crippen molar-refractivity contribution in [3.63, 3.8) is 0 Å². The molecule has 1 aromatic rings. The smallest absolute Gasteiger partial charge is 0.324 e. The molecule has 7 heteroatoms. The molecule has 2 rings (SSSR count). The number of carboxylic acid groups (broad SMARTS) is 1. The Bertz CT molecular complexity index is 517. The number of aliphatic carboxylic acids is 1. The van der Waals surface area contributed by atoms with Crippen molar-refractivity contribution in [2.45, 2.75) is 45.1 Å². The number of nitrogens with one attached hydrogen (secondary N) is 1. The van der Waals surface area contributed by atoms with Crippen molar-refractivity contribution < 1.29 is 14.7 Å². The Balaban J connectivity index is 2.04. The van der Waals surface area contributed by atoms with Crippen LogP contribution >= 0.6 is 11.3 Å². The van der Waals surface area contributed by atoms with E-state index in [0.29, 0.717) is 11.0 Å². The van der Waals surface area contributed by atoms with Crippen LogP contribution in [0.1, 0.15) is 45.2 Å². The summed E-state index contributed by atoms with van der Waals surface area (Å²) in [6.45, 7) is 5.06. The van der Waals surface area contributed by atoms with Crippen molar-refractivity contribution >= 4 is 28.5 Å². The minimum Gasteiger partial charge on any atom is -0.480 e. The summed E-state index contributed by atoms with van der Waals surface area (Å²) in [4.78, 5) is 28.7. The summed E-state index contributed by atoms with van der Waals surface area (Å²) in [6, 6.07) is -0.434. The molecule has 0 aromatic carbocycles. The lowest BCUT2D eigenvalue weighted by molar-refractivity contribution is -0.138. The van der Waals surface area contributed by atoms with E-state index in [1.54, 1.807) is 20.8 Å². The van der Waals surface area contributed by atoms with Crippen molar-refractivity contribution in [3.05, 3.63) is 11.1 Å². The second kappa shape index (κ2) is 5.40. The Morgan fingerprint density at radius 1 is 1.50 bits per heavy atom. The maximum absolute atomic E-state index is 12.2. The van der Waals surface area contributed by atoms with Crippen LogP contribution in [-0.2, 0) is 4.79 Å². The number of rotatable bonds is 4. The summed E-state index contributed by atoms with van der Waals surface area (Å²) < 4.78 is 0. The van der Waals surface area contributed by atoms with Gasteiger partial charge in [-0.3, -0.25) is 10.1 Å². The fourth-order valence-electron chi connectivity index (χ4n) is 1.82. The van der Waals surface area contributed by atoms with Crippen LogP contribution in [0.4, 0.5) is 9.93 Å². The lowest BCUT2D eigenvalue weighted by Gasteiger charge is -2.33. The number of amides is 2. The van der Waals surface area contributed by atoms with Gasteiger partial charge in [0.05, 0.1) is 5.69 Å². The predicted octanol–water partition coefficient (Wildman–Crippen LogP) is 2.74. The monoisotopic (exact) mass is 297 g/mol. The third-order valence-electron chi connectivity index (χ3n) is 3.08. The molecule has 1 aliphatic carbocycles. The molecule has 0 unspecified atom stereocenters. The van der Waals surface area contributed by atoms with E-state index in [1.807, 2.05) is 5.38 Å². The number of thiazole rings is 1. The summed E-state index contributed by atoms with van der Waals surface area (Å²) in [6.07, 6.45) is 2.31. The molecule has 1 heterocycles. The summed E-state index contributed by atoms with van der Waals surface area (Å²) in [5.74, 6) is -0.498. The number of nitrogens with zero attached hydrogens (tertiary/aromatic N) is 2. The third kappa shape index (κ3) is 3.69. The fourth-order valence-corrected chi connectivity index (χ4v) is 2.60. The number of aromatic nitrogens is 1. The number of hydrogen-bond acceptors (Lipinski definition) is 4. The topological polar surface area (TPSA) is 82.5 Å². The van der Waals surface area contributed by atoms with Gasteiger partial charge in [-0.15, -0.1) is 11.3 Å². The van der Waals surface area contributed by atoms with Gasteiger partial charge < -0.3 is 10.0 Å². The minimum atomic E-state index is -1.03. The molecule has 2 amide bonds. The normalized spacial score (nSPS) is 14.9. The molecule has 1 fully saturated rings. The highest BCUT2D eigenvalue weighted by Crippen LogP contribution is 2.40. The number of carbonyl (C=O) groups excluding carboxylic acids is 1. The first-order chi connectivity index (χ1) is 9.27. The van der Waals surface area contributed by atoms with Gasteiger partial charge in [-0.2, -0.15) is 0 Å². The van der Waals surface area contributed by atoms with Gasteiger partial charge in [0.15, 0.2) is 5.13 Å². The van der Waals surface area contributed by atoms with Crippen molar-refractivity contribution in [1.29, 1.82) is 0 Å². The molecule has 0 radical (unpaired) electrons. The SMILES string of the molecule is CC(C)(C)N(CC(=O)O)C(=O)Nc1nc(C2CC2)cs1. The van der Waals surface area contributed by atoms with Crippen LogP contribution in [0.15, 0.2) is 5.38 Å². The predicted molar refractivity (Wildman–Crippen MR) is 77.2 cm³/mol. The molecule has 1 saturated carbocycles. The maximum atomic E-state index is 12.2. The highest BCUT2D eigenvalue weighted by Gasteiger charge is 2.30. The van der Waals surface area contributed by atoms with Crippen molar-refractivity contribution in [2.75, 3.05) is 11.9 Å². The van der Waals surface area contributed by atoms with E-state index in [1.165, 1.54) is 16.2 Å². The Morgan fingerprint density at radius 2 is 2.15 bits per heavy atom. The van der Waals surface area contributed by atoms with Crippen LogP contribution in [0.5, 0.6) is 0 Å². The second-order valence-corrected chi connectivity index (χ2v) is 6.79. The van der Waals surface area contributed by atoms with Crippen molar-refractivity contribution in [2.24, 2.45) is 0 Å². The van der Waals surface area contributed by atoms with E-state index in [2.05, 4.69) is 10.3 Å². The van der Waals surface area contributed by atoms with Gasteiger partial charge in [-0.1, -0.05) is 0 Å². The standard InChI is InChI=1S/C13H19N3O3S/c1-13(2,3)16(6-10(17)18)12(19)15-11-14-9(7-20-11)8-4-5-8/h7-8H,4-6H2,1-3H3,(H,17,18)(H,14,15,19). The van der Waals surface area contributed by atoms with Crippen LogP contribution in [-0.4, -0.2) is 39.1 Å². The molecule has 6 nitrogen and oxygen atoms in total. The van der Waals surface area contributed by atoms with E-state index in [-0.39, 0.29) is 6.54 Å². The third-order valence-corrected chi connectivity index (χ3v) is 3.86. The molecule has 0 spiro atoms. The number of carbonyl (C=O) groups is 2. The van der Waals surface area contributed by atoms with Crippen LogP contribution in [0.25, 0.3) is 0 Å². The molecule has 0 bridgehead atoms. The Hall–Kier alpha value is -1.63. The molecular weight excluding hydrogens is 278 g/mol. The molecule has 0 atom stereocenters. The Kier molecular flexibility index (Phi) is 3.99. The van der Waals surface area contributed by atoms with Gasteiger partial charge in [0, 0.05) is 16.8 Å². The van der Waals surface area contributed by atoms with Gasteiger partial charge >= 0.3 is 12.0 Å². The van der Waals surface area contributed by atoms with Crippen molar-refractivity contribution in [3.8, 4) is 0 Å². The highest BCUT2D eigenvalue weighted by molar-refractivity contribution is 7.13. The zero-order valence-corrected chi connectivity index (χ0v) is 12.7. The lowest BCUT2D eigenvalue weighted by atomic mass is 10.1. The largest absolute Gasteiger partial charge is 0.480 e. The quantitative estimate of drug-likeness (QED) is 0.895. The molecule has 2 N–H and O–H groups in total. The summed E-state index contributed by atoms with van der Waals surface area (Å²) in [5.41, 5.74) is 0.449. The first-order valence-electron chi connectivity index (χ1n) is 6.53. The van der Waals surface area contributed by atoms with E-state index in [4.69, 9.17) is 5.11 Å². The minimum absolute atomic E-state index is 0.337. The molecule has 0 aliphatic heterocycles. The zero-order valence-electron chi connectivity index (χ0n) is 11.8. The Morgan fingerprint density at radius 3 is 2.65 bits per heavy atom. The van der Waals surface area contributed by atoms with Gasteiger partial charge in [-0.25, -0.2) is 9.78 Å². The number of urea groups is 1. The van der Waals surface area contributed by atoms with E-state index in [9.17, 15) is 9.59 Å². The molecule has 1 aliphatic rings. The number of anilines is 1. The van der Waals surface area contributed by atoms with Gasteiger partial charge in [0.2, 0.25) is 0 Å². The van der Waals surface area contributed by atoms with Crippen LogP contribution < -0.4 is 5.32 Å². The number of hydrogen-bond donors (Lipinski definition) is 2. The maximum Gasteiger partial charge on any atom is 0.324 e. The highest BCUT2D eigenvalue weighted by atomic mass is 32.1. The van der Waals surface area contributed by atoms with Crippen LogP contribution in [0.2, 0.25) is 0 Å². The molecular formula is C13H19N3O3S. The van der Waals surface area contributed by atoms with Gasteiger partial charge in [-0.05, 0) is 33.6 Å². The molecule has 0 saturated heterocycles. The lowest BCUT2D eigenvalue weighted by Crippen LogP contribution is -2.50. The average molecular weight is 297 g/mol. The summed E-state index contributed by atoms with van der Waals surface area (Å²) >= 11 is 1.38. The van der Waals surface area contributed by atoms with E-state index >= 15 is 0 Å². The molecule has 1 aromatic heterocycles. The van der Waals surface area contributed by atoms with Crippen molar-refractivity contribution in [1.82, 2.24) is 9.88 Å². The average Bonchev–Trinajstić information content (AvgIpc) is 3.06. The second-order valence-electron chi connectivity index (χ2n) is 5.93. The fraction of sp³-hybridized carbons (Fsp3) is 0.615. The Labute approximate surface area is 121 Å². The van der Waals surface area contributed by atoms with E-state index < -0.39 is 17.5 Å². The zero-order chi connectivity index (χ0) is 14.9. The van der Waals surface area contributed by atoms with Crippen LogP contribution in [0, 0.1) is 0 Å². The van der Waals surface area contributed by atoms with Crippen LogP contribution in [0.3, 0.4) is 0 Å².